The van der Waals surface area contributed by atoms with E-state index in [1.165, 1.54) is 11.1 Å². The van der Waals surface area contributed by atoms with Gasteiger partial charge in [0.15, 0.2) is 11.5 Å². The number of quaternary nitrogens is 2. The molecule has 1 aliphatic rings. The van der Waals surface area contributed by atoms with Gasteiger partial charge in [-0.2, -0.15) is 0 Å². The number of halogens is 1. The lowest BCUT2D eigenvalue weighted by molar-refractivity contribution is -1.02. The molecule has 0 bridgehead atoms. The van der Waals surface area contributed by atoms with Crippen molar-refractivity contribution in [3.05, 3.63) is 59.4 Å². The van der Waals surface area contributed by atoms with E-state index in [1.807, 2.05) is 25.1 Å². The molecule has 1 fully saturated rings. The standard InChI is InChI=1S/C21H27FN2O2/c1-3-26-21-14-18(6-9-20(21)25-2)16-24-12-10-23(11-13-24)15-17-4-7-19(22)8-5-17/h4-9,14H,3,10-13,15-16H2,1-2H3/p+2. The second kappa shape index (κ2) is 9.01. The number of piperazine rings is 1. The molecule has 140 valence electrons. The number of ether oxygens (including phenoxy) is 2. The lowest BCUT2D eigenvalue weighted by Gasteiger charge is -2.30. The van der Waals surface area contributed by atoms with Gasteiger partial charge >= 0.3 is 0 Å². The molecular formula is C21H29FN2O2+2. The lowest BCUT2D eigenvalue weighted by Crippen LogP contribution is -3.27. The highest BCUT2D eigenvalue weighted by atomic mass is 19.1. The molecule has 2 aromatic carbocycles. The van der Waals surface area contributed by atoms with E-state index < -0.39 is 0 Å². The van der Waals surface area contributed by atoms with E-state index in [9.17, 15) is 4.39 Å². The van der Waals surface area contributed by atoms with Gasteiger partial charge in [-0.15, -0.1) is 0 Å². The molecule has 4 nitrogen and oxygen atoms in total. The molecule has 2 N–H and O–H groups in total. The third kappa shape index (κ3) is 4.96. The molecular weight excluding hydrogens is 331 g/mol. The minimum absolute atomic E-state index is 0.163. The van der Waals surface area contributed by atoms with Crippen molar-refractivity contribution in [2.24, 2.45) is 0 Å². The minimum atomic E-state index is -0.163. The molecule has 3 rings (SSSR count). The van der Waals surface area contributed by atoms with Crippen LogP contribution in [0.2, 0.25) is 0 Å². The van der Waals surface area contributed by atoms with E-state index in [-0.39, 0.29) is 5.82 Å². The number of hydrogen-bond acceptors (Lipinski definition) is 2. The second-order valence-electron chi connectivity index (χ2n) is 6.90. The molecule has 1 aliphatic heterocycles. The highest BCUT2D eigenvalue weighted by molar-refractivity contribution is 5.42. The molecule has 1 saturated heterocycles. The van der Waals surface area contributed by atoms with Crippen LogP contribution in [0.25, 0.3) is 0 Å². The van der Waals surface area contributed by atoms with Crippen LogP contribution in [0, 0.1) is 5.82 Å². The Labute approximate surface area is 155 Å². The highest BCUT2D eigenvalue weighted by Crippen LogP contribution is 2.27. The molecule has 0 aliphatic carbocycles. The second-order valence-corrected chi connectivity index (χ2v) is 6.90. The molecule has 0 amide bonds. The van der Waals surface area contributed by atoms with E-state index in [2.05, 4.69) is 12.1 Å². The Bertz CT molecular complexity index is 698. The molecule has 5 heteroatoms. The summed E-state index contributed by atoms with van der Waals surface area (Å²) in [7, 11) is 1.67. The number of methoxy groups -OCH3 is 1. The highest BCUT2D eigenvalue weighted by Gasteiger charge is 2.23. The first-order chi connectivity index (χ1) is 12.7. The van der Waals surface area contributed by atoms with Crippen molar-refractivity contribution >= 4 is 0 Å². The lowest BCUT2D eigenvalue weighted by atomic mass is 10.1. The van der Waals surface area contributed by atoms with Crippen LogP contribution in [0.1, 0.15) is 18.1 Å². The summed E-state index contributed by atoms with van der Waals surface area (Å²) < 4.78 is 24.1. The molecule has 0 atom stereocenters. The first-order valence-electron chi connectivity index (χ1n) is 9.39. The zero-order valence-corrected chi connectivity index (χ0v) is 15.7. The van der Waals surface area contributed by atoms with E-state index >= 15 is 0 Å². The van der Waals surface area contributed by atoms with Crippen LogP contribution in [-0.4, -0.2) is 39.9 Å². The Morgan fingerprint density at radius 3 is 2.00 bits per heavy atom. The Morgan fingerprint density at radius 1 is 0.846 bits per heavy atom. The first-order valence-corrected chi connectivity index (χ1v) is 9.39. The normalized spacial score (nSPS) is 20.0. The predicted octanol–water partition coefficient (Wildman–Crippen LogP) is 0.717. The number of rotatable bonds is 7. The van der Waals surface area contributed by atoms with Crippen molar-refractivity contribution in [1.29, 1.82) is 0 Å². The predicted molar refractivity (Wildman–Crippen MR) is 99.4 cm³/mol. The third-order valence-electron chi connectivity index (χ3n) is 5.01. The maximum Gasteiger partial charge on any atom is 0.161 e. The summed E-state index contributed by atoms with van der Waals surface area (Å²) in [4.78, 5) is 3.17. The van der Waals surface area contributed by atoms with Crippen LogP contribution >= 0.6 is 0 Å². The summed E-state index contributed by atoms with van der Waals surface area (Å²) in [6.45, 7) is 9.18. The van der Waals surface area contributed by atoms with Gasteiger partial charge in [-0.3, -0.25) is 0 Å². The van der Waals surface area contributed by atoms with Gasteiger partial charge in [-0.05, 0) is 37.3 Å². The van der Waals surface area contributed by atoms with E-state index in [0.717, 1.165) is 50.8 Å². The monoisotopic (exact) mass is 360 g/mol. The Kier molecular flexibility index (Phi) is 6.47. The summed E-state index contributed by atoms with van der Waals surface area (Å²) in [5.41, 5.74) is 2.49. The number of hydrogen-bond donors (Lipinski definition) is 2. The van der Waals surface area contributed by atoms with Crippen molar-refractivity contribution < 1.29 is 23.7 Å². The zero-order chi connectivity index (χ0) is 18.4. The number of nitrogens with one attached hydrogen (secondary N) is 2. The van der Waals surface area contributed by atoms with Gasteiger partial charge in [0.25, 0.3) is 0 Å². The fourth-order valence-electron chi connectivity index (χ4n) is 3.59. The average Bonchev–Trinajstić information content (AvgIpc) is 2.66. The largest absolute Gasteiger partial charge is 0.493 e. The molecule has 0 aromatic heterocycles. The van der Waals surface area contributed by atoms with E-state index in [1.54, 1.807) is 29.0 Å². The van der Waals surface area contributed by atoms with Crippen molar-refractivity contribution in [3.8, 4) is 11.5 Å². The molecule has 0 saturated carbocycles. The molecule has 1 heterocycles. The fourth-order valence-corrected chi connectivity index (χ4v) is 3.59. The molecule has 26 heavy (non-hydrogen) atoms. The fraction of sp³-hybridized carbons (Fsp3) is 0.429. The summed E-state index contributed by atoms with van der Waals surface area (Å²) >= 11 is 0. The maximum atomic E-state index is 13.0. The van der Waals surface area contributed by atoms with Crippen LogP contribution in [0.15, 0.2) is 42.5 Å². The van der Waals surface area contributed by atoms with Gasteiger partial charge < -0.3 is 19.3 Å². The summed E-state index contributed by atoms with van der Waals surface area (Å²) in [5.74, 6) is 1.45. The average molecular weight is 360 g/mol. The summed E-state index contributed by atoms with van der Waals surface area (Å²) in [5, 5.41) is 0. The smallest absolute Gasteiger partial charge is 0.161 e. The van der Waals surface area contributed by atoms with E-state index in [0.29, 0.717) is 6.61 Å². The summed E-state index contributed by atoms with van der Waals surface area (Å²) in [6, 6.07) is 13.1. The van der Waals surface area contributed by atoms with Gasteiger partial charge in [-0.25, -0.2) is 4.39 Å². The van der Waals surface area contributed by atoms with Crippen molar-refractivity contribution in [2.45, 2.75) is 20.0 Å². The molecule has 0 spiro atoms. The number of benzene rings is 2. The minimum Gasteiger partial charge on any atom is -0.493 e. The van der Waals surface area contributed by atoms with Gasteiger partial charge in [-0.1, -0.05) is 12.1 Å². The van der Waals surface area contributed by atoms with Crippen molar-refractivity contribution in [3.63, 3.8) is 0 Å². The molecule has 0 radical (unpaired) electrons. The topological polar surface area (TPSA) is 27.3 Å². The zero-order valence-electron chi connectivity index (χ0n) is 15.7. The van der Waals surface area contributed by atoms with Gasteiger partial charge in [0, 0.05) is 11.1 Å². The Balaban J connectivity index is 1.52. The van der Waals surface area contributed by atoms with Crippen LogP contribution in [-0.2, 0) is 13.1 Å². The Hall–Kier alpha value is -2.11. The molecule has 0 unspecified atom stereocenters. The van der Waals surface area contributed by atoms with Crippen LogP contribution < -0.4 is 19.3 Å². The van der Waals surface area contributed by atoms with Crippen LogP contribution in [0.3, 0.4) is 0 Å². The SMILES string of the molecule is CCOc1cc(C[NH+]2CC[NH+](Cc3ccc(F)cc3)CC2)ccc1OC. The van der Waals surface area contributed by atoms with Gasteiger partial charge in [0.1, 0.15) is 45.1 Å². The van der Waals surface area contributed by atoms with Crippen LogP contribution in [0.5, 0.6) is 11.5 Å². The summed E-state index contributed by atoms with van der Waals surface area (Å²) in [6.07, 6.45) is 0. The third-order valence-corrected chi connectivity index (χ3v) is 5.01. The van der Waals surface area contributed by atoms with Gasteiger partial charge in [0.2, 0.25) is 0 Å². The van der Waals surface area contributed by atoms with Crippen molar-refractivity contribution in [1.82, 2.24) is 0 Å². The maximum absolute atomic E-state index is 13.0. The molecule has 2 aromatic rings. The Morgan fingerprint density at radius 2 is 1.42 bits per heavy atom. The van der Waals surface area contributed by atoms with E-state index in [4.69, 9.17) is 9.47 Å². The van der Waals surface area contributed by atoms with Crippen molar-refractivity contribution in [2.75, 3.05) is 39.9 Å². The van der Waals surface area contributed by atoms with Gasteiger partial charge in [0.05, 0.1) is 13.7 Å². The first kappa shape index (κ1) is 18.7. The quantitative estimate of drug-likeness (QED) is 0.761. The van der Waals surface area contributed by atoms with Crippen LogP contribution in [0.4, 0.5) is 4.39 Å².